The maximum atomic E-state index is 13.1. The first-order chi connectivity index (χ1) is 8.13. The Bertz CT molecular complexity index is 530. The highest BCUT2D eigenvalue weighted by molar-refractivity contribution is 6.06. The Morgan fingerprint density at radius 1 is 1.59 bits per heavy atom. The van der Waals surface area contributed by atoms with Gasteiger partial charge in [-0.25, -0.2) is 4.39 Å². The Hall–Kier alpha value is -1.95. The molecule has 0 N–H and O–H groups in total. The van der Waals surface area contributed by atoms with Gasteiger partial charge < -0.3 is 0 Å². The number of hydrogen-bond donors (Lipinski definition) is 0. The topological polar surface area (TPSA) is 40.9 Å². The van der Waals surface area contributed by atoms with Crippen molar-refractivity contribution in [3.63, 3.8) is 0 Å². The molecule has 0 saturated carbocycles. The molecule has 1 unspecified atom stereocenters. The molecule has 2 nitrogen and oxygen atoms in total. The van der Waals surface area contributed by atoms with Crippen LogP contribution >= 0.6 is 0 Å². The largest absolute Gasteiger partial charge is 0.293 e. The number of carbonyl (C=O) groups excluding carboxylic acids is 1. The normalized spacial score (nSPS) is 22.0. The summed E-state index contributed by atoms with van der Waals surface area (Å²) in [6.07, 6.45) is 2.87. The van der Waals surface area contributed by atoms with Crippen molar-refractivity contribution in [3.05, 3.63) is 47.8 Å². The smallest absolute Gasteiger partial charge is 0.173 e. The molecule has 1 aromatic carbocycles. The molecule has 0 aromatic heterocycles. The van der Waals surface area contributed by atoms with E-state index in [2.05, 4.69) is 6.58 Å². The molecule has 1 aliphatic carbocycles. The van der Waals surface area contributed by atoms with E-state index in [1.165, 1.54) is 12.1 Å². The van der Waals surface area contributed by atoms with Crippen molar-refractivity contribution in [2.75, 3.05) is 0 Å². The predicted molar refractivity (Wildman–Crippen MR) is 61.9 cm³/mol. The summed E-state index contributed by atoms with van der Waals surface area (Å²) in [4.78, 5) is 12.3. The van der Waals surface area contributed by atoms with Gasteiger partial charge in [0.15, 0.2) is 5.78 Å². The average molecular weight is 229 g/mol. The Kier molecular flexibility index (Phi) is 2.81. The lowest BCUT2D eigenvalue weighted by Crippen LogP contribution is -2.25. The van der Waals surface area contributed by atoms with E-state index in [0.717, 1.165) is 5.56 Å². The number of carbonyl (C=O) groups is 1. The van der Waals surface area contributed by atoms with Crippen LogP contribution < -0.4 is 0 Å². The Balaban J connectivity index is 2.41. The van der Waals surface area contributed by atoms with Gasteiger partial charge in [0.2, 0.25) is 0 Å². The summed E-state index contributed by atoms with van der Waals surface area (Å²) < 4.78 is 13.1. The molecule has 0 bridgehead atoms. The third-order valence-electron chi connectivity index (χ3n) is 3.35. The molecule has 1 atom stereocenters. The van der Waals surface area contributed by atoms with Crippen molar-refractivity contribution in [1.82, 2.24) is 0 Å². The molecule has 1 aromatic rings. The van der Waals surface area contributed by atoms with Gasteiger partial charge in [-0.2, -0.15) is 5.26 Å². The highest BCUT2D eigenvalue weighted by atomic mass is 19.1. The fourth-order valence-corrected chi connectivity index (χ4v) is 2.35. The number of hydrogen-bond acceptors (Lipinski definition) is 2. The monoisotopic (exact) mass is 229 g/mol. The number of fused-ring (bicyclic) bond motifs is 1. The van der Waals surface area contributed by atoms with E-state index in [1.807, 2.05) is 6.07 Å². The molecule has 0 amide bonds. The fourth-order valence-electron chi connectivity index (χ4n) is 2.35. The van der Waals surface area contributed by atoms with E-state index in [0.29, 0.717) is 24.8 Å². The van der Waals surface area contributed by atoms with Crippen molar-refractivity contribution in [3.8, 4) is 6.07 Å². The van der Waals surface area contributed by atoms with Crippen molar-refractivity contribution >= 4 is 5.78 Å². The Morgan fingerprint density at radius 3 is 3.00 bits per heavy atom. The fraction of sp³-hybridized carbons (Fsp3) is 0.286. The molecule has 3 heteroatoms. The maximum Gasteiger partial charge on any atom is 0.173 e. The predicted octanol–water partition coefficient (Wildman–Crippen LogP) is 3.04. The highest BCUT2D eigenvalue weighted by Gasteiger charge is 2.42. The second kappa shape index (κ2) is 4.14. The van der Waals surface area contributed by atoms with Gasteiger partial charge in [0.05, 0.1) is 11.5 Å². The van der Waals surface area contributed by atoms with Gasteiger partial charge in [-0.1, -0.05) is 12.1 Å². The third-order valence-corrected chi connectivity index (χ3v) is 3.35. The van der Waals surface area contributed by atoms with Crippen LogP contribution in [-0.4, -0.2) is 5.78 Å². The maximum absolute atomic E-state index is 13.1. The van der Waals surface area contributed by atoms with Crippen LogP contribution in [0.5, 0.6) is 0 Å². The number of halogens is 1. The summed E-state index contributed by atoms with van der Waals surface area (Å²) in [5.74, 6) is -0.519. The van der Waals surface area contributed by atoms with Crippen LogP contribution in [0, 0.1) is 22.6 Å². The SMILES string of the molecule is C=CC1(CCC#N)Cc2ccc(F)cc2C1=O. The second-order valence-corrected chi connectivity index (χ2v) is 4.33. The van der Waals surface area contributed by atoms with Crippen LogP contribution in [0.1, 0.15) is 28.8 Å². The van der Waals surface area contributed by atoms with E-state index >= 15 is 0 Å². The number of rotatable bonds is 3. The number of nitrogens with zero attached hydrogens (tertiary/aromatic N) is 1. The quantitative estimate of drug-likeness (QED) is 0.747. The molecule has 86 valence electrons. The van der Waals surface area contributed by atoms with Gasteiger partial charge in [0.1, 0.15) is 5.82 Å². The number of benzene rings is 1. The first-order valence-corrected chi connectivity index (χ1v) is 5.47. The molecule has 0 saturated heterocycles. The van der Waals surface area contributed by atoms with Gasteiger partial charge >= 0.3 is 0 Å². The molecule has 2 rings (SSSR count). The van der Waals surface area contributed by atoms with Crippen LogP contribution in [0.3, 0.4) is 0 Å². The van der Waals surface area contributed by atoms with Crippen LogP contribution in [0.15, 0.2) is 30.9 Å². The molecule has 1 aliphatic rings. The highest BCUT2D eigenvalue weighted by Crippen LogP contribution is 2.41. The summed E-state index contributed by atoms with van der Waals surface area (Å²) in [6, 6.07) is 6.31. The number of nitriles is 1. The number of Topliss-reactive ketones (excluding diaryl/α,β-unsaturated/α-hetero) is 1. The van der Waals surface area contributed by atoms with Crippen molar-refractivity contribution in [2.24, 2.45) is 5.41 Å². The lowest BCUT2D eigenvalue weighted by atomic mass is 9.79. The third kappa shape index (κ3) is 1.76. The number of ketones is 1. The molecule has 0 spiro atoms. The molecule has 17 heavy (non-hydrogen) atoms. The standard InChI is InChI=1S/C14H12FNO/c1-2-14(6-3-7-16)9-10-4-5-11(15)8-12(10)13(14)17/h2,4-5,8H,1,3,6,9H2. The van der Waals surface area contributed by atoms with Gasteiger partial charge in [-0.3, -0.25) is 4.79 Å². The van der Waals surface area contributed by atoms with E-state index in [9.17, 15) is 9.18 Å². The molecule has 0 fully saturated rings. The summed E-state index contributed by atoms with van der Waals surface area (Å²) in [5.41, 5.74) is 0.559. The minimum absolute atomic E-state index is 0.114. The molecular formula is C14H12FNO. The van der Waals surface area contributed by atoms with Gasteiger partial charge in [-0.05, 0) is 30.5 Å². The summed E-state index contributed by atoms with van der Waals surface area (Å²) in [6.45, 7) is 3.70. The van der Waals surface area contributed by atoms with E-state index in [1.54, 1.807) is 12.1 Å². The van der Waals surface area contributed by atoms with Crippen molar-refractivity contribution in [1.29, 1.82) is 5.26 Å². The van der Waals surface area contributed by atoms with Crippen molar-refractivity contribution < 1.29 is 9.18 Å². The Labute approximate surface area is 99.4 Å². The molecular weight excluding hydrogens is 217 g/mol. The Morgan fingerprint density at radius 2 is 2.35 bits per heavy atom. The van der Waals surface area contributed by atoms with Crippen molar-refractivity contribution in [2.45, 2.75) is 19.3 Å². The second-order valence-electron chi connectivity index (χ2n) is 4.33. The molecule has 0 radical (unpaired) electrons. The van der Waals surface area contributed by atoms with Crippen LogP contribution in [0.4, 0.5) is 4.39 Å². The average Bonchev–Trinajstić information content (AvgIpc) is 2.61. The summed E-state index contributed by atoms with van der Waals surface area (Å²) in [7, 11) is 0. The first kappa shape index (κ1) is 11.5. The zero-order valence-electron chi connectivity index (χ0n) is 9.37. The van der Waals surface area contributed by atoms with E-state index < -0.39 is 11.2 Å². The van der Waals surface area contributed by atoms with Gasteiger partial charge in [-0.15, -0.1) is 6.58 Å². The van der Waals surface area contributed by atoms with E-state index in [-0.39, 0.29) is 5.78 Å². The van der Waals surface area contributed by atoms with Crippen LogP contribution in [0.25, 0.3) is 0 Å². The number of allylic oxidation sites excluding steroid dienone is 1. The molecule has 0 heterocycles. The minimum Gasteiger partial charge on any atom is -0.293 e. The first-order valence-electron chi connectivity index (χ1n) is 5.47. The zero-order valence-corrected chi connectivity index (χ0v) is 9.37. The lowest BCUT2D eigenvalue weighted by Gasteiger charge is -2.21. The van der Waals surface area contributed by atoms with Crippen LogP contribution in [-0.2, 0) is 6.42 Å². The lowest BCUT2D eigenvalue weighted by molar-refractivity contribution is 0.0867. The zero-order chi connectivity index (χ0) is 12.5. The minimum atomic E-state index is -0.716. The van der Waals surface area contributed by atoms with Gasteiger partial charge in [0, 0.05) is 12.0 Å². The summed E-state index contributed by atoms with van der Waals surface area (Å²) in [5, 5.41) is 8.63. The van der Waals surface area contributed by atoms with Crippen LogP contribution in [0.2, 0.25) is 0 Å². The van der Waals surface area contributed by atoms with Gasteiger partial charge in [0.25, 0.3) is 0 Å². The van der Waals surface area contributed by atoms with E-state index in [4.69, 9.17) is 5.26 Å². The summed E-state index contributed by atoms with van der Waals surface area (Å²) >= 11 is 0. The molecule has 0 aliphatic heterocycles.